The van der Waals surface area contributed by atoms with Gasteiger partial charge in [-0.15, -0.1) is 11.6 Å². The highest BCUT2D eigenvalue weighted by molar-refractivity contribution is 7.80. The lowest BCUT2D eigenvalue weighted by Gasteiger charge is -2.07. The lowest BCUT2D eigenvalue weighted by Crippen LogP contribution is -2.34. The number of thiocarbonyl (C=S) groups is 1. The molecule has 0 aliphatic rings. The first-order valence-electron chi connectivity index (χ1n) is 3.94. The maximum atomic E-state index is 10.8. The highest BCUT2D eigenvalue weighted by Gasteiger charge is 2.01. The third-order valence-electron chi connectivity index (χ3n) is 1.41. The van der Waals surface area contributed by atoms with Crippen molar-refractivity contribution in [2.24, 2.45) is 0 Å². The molecule has 0 unspecified atom stereocenters. The first-order valence-corrected chi connectivity index (χ1v) is 4.88. The molecule has 1 amide bonds. The summed E-state index contributed by atoms with van der Waals surface area (Å²) in [6, 6.07) is 9.33. The van der Waals surface area contributed by atoms with Gasteiger partial charge in [-0.05, 0) is 24.4 Å². The highest BCUT2D eigenvalue weighted by atomic mass is 35.5. The fraction of sp³-hybridized carbons (Fsp3) is 0.111. The minimum atomic E-state index is -0.319. The van der Waals surface area contributed by atoms with Crippen LogP contribution < -0.4 is 10.6 Å². The van der Waals surface area contributed by atoms with Gasteiger partial charge in [0.15, 0.2) is 5.11 Å². The first kappa shape index (κ1) is 10.9. The summed E-state index contributed by atoms with van der Waals surface area (Å²) in [5.74, 6) is -0.420. The van der Waals surface area contributed by atoms with Gasteiger partial charge in [-0.2, -0.15) is 0 Å². The number of benzene rings is 1. The van der Waals surface area contributed by atoms with Gasteiger partial charge in [0.05, 0.1) is 0 Å². The second-order valence-electron chi connectivity index (χ2n) is 2.50. The standard InChI is InChI=1S/C9H9ClN2OS/c10-6-8(13)12-9(14)11-7-4-2-1-3-5-7/h1-5H,6H2,(H2,11,12,13,14). The maximum absolute atomic E-state index is 10.8. The van der Waals surface area contributed by atoms with Gasteiger partial charge >= 0.3 is 0 Å². The summed E-state index contributed by atoms with van der Waals surface area (Å²) < 4.78 is 0. The van der Waals surface area contributed by atoms with Crippen molar-refractivity contribution in [3.8, 4) is 0 Å². The summed E-state index contributed by atoms with van der Waals surface area (Å²) in [5, 5.41) is 5.53. The van der Waals surface area contributed by atoms with Gasteiger partial charge in [-0.1, -0.05) is 18.2 Å². The van der Waals surface area contributed by atoms with Gasteiger partial charge in [0.2, 0.25) is 5.91 Å². The molecule has 1 aromatic rings. The van der Waals surface area contributed by atoms with Crippen molar-refractivity contribution in [1.29, 1.82) is 0 Å². The highest BCUT2D eigenvalue weighted by Crippen LogP contribution is 2.04. The van der Waals surface area contributed by atoms with Crippen LogP contribution in [0.15, 0.2) is 30.3 Å². The Morgan fingerprint density at radius 1 is 1.36 bits per heavy atom. The summed E-state index contributed by atoms with van der Waals surface area (Å²) in [5.41, 5.74) is 0.826. The van der Waals surface area contributed by atoms with Crippen LogP contribution in [0.2, 0.25) is 0 Å². The molecule has 0 atom stereocenters. The Morgan fingerprint density at radius 3 is 2.57 bits per heavy atom. The molecule has 14 heavy (non-hydrogen) atoms. The number of carbonyl (C=O) groups is 1. The molecule has 0 saturated carbocycles. The van der Waals surface area contributed by atoms with Crippen LogP contribution >= 0.6 is 23.8 Å². The number of amides is 1. The number of hydrogen-bond acceptors (Lipinski definition) is 2. The van der Waals surface area contributed by atoms with Crippen LogP contribution in [0.25, 0.3) is 0 Å². The topological polar surface area (TPSA) is 41.1 Å². The molecule has 3 nitrogen and oxygen atoms in total. The Kier molecular flexibility index (Phi) is 4.35. The van der Waals surface area contributed by atoms with Crippen molar-refractivity contribution < 1.29 is 4.79 Å². The van der Waals surface area contributed by atoms with E-state index in [9.17, 15) is 4.79 Å². The number of hydrogen-bond donors (Lipinski definition) is 2. The van der Waals surface area contributed by atoms with E-state index >= 15 is 0 Å². The van der Waals surface area contributed by atoms with E-state index in [-0.39, 0.29) is 16.9 Å². The van der Waals surface area contributed by atoms with Crippen LogP contribution in [0, 0.1) is 0 Å². The summed E-state index contributed by atoms with van der Waals surface area (Å²) in [6.07, 6.45) is 0. The van der Waals surface area contributed by atoms with Crippen molar-refractivity contribution >= 4 is 40.5 Å². The van der Waals surface area contributed by atoms with E-state index in [1.165, 1.54) is 0 Å². The number of anilines is 1. The molecule has 0 fully saturated rings. The van der Waals surface area contributed by atoms with Crippen molar-refractivity contribution in [3.63, 3.8) is 0 Å². The van der Waals surface area contributed by atoms with Gasteiger partial charge in [0.25, 0.3) is 0 Å². The molecule has 0 radical (unpaired) electrons. The van der Waals surface area contributed by atoms with E-state index in [1.54, 1.807) is 0 Å². The summed E-state index contributed by atoms with van der Waals surface area (Å²) in [4.78, 5) is 10.8. The number of halogens is 1. The molecule has 0 aromatic heterocycles. The summed E-state index contributed by atoms with van der Waals surface area (Å²) in [7, 11) is 0. The first-order chi connectivity index (χ1) is 6.72. The van der Waals surface area contributed by atoms with E-state index in [2.05, 4.69) is 10.6 Å². The Bertz CT molecular complexity index is 329. The molecule has 2 N–H and O–H groups in total. The van der Waals surface area contributed by atoms with Gasteiger partial charge in [-0.25, -0.2) is 0 Å². The lowest BCUT2D eigenvalue weighted by molar-refractivity contribution is -0.117. The molecular formula is C9H9ClN2OS. The van der Waals surface area contributed by atoms with Crippen LogP contribution in [-0.4, -0.2) is 16.9 Å². The zero-order valence-corrected chi connectivity index (χ0v) is 8.86. The molecule has 5 heteroatoms. The monoisotopic (exact) mass is 228 g/mol. The zero-order valence-electron chi connectivity index (χ0n) is 7.29. The third kappa shape index (κ3) is 3.72. The van der Waals surface area contributed by atoms with Crippen LogP contribution in [0.1, 0.15) is 0 Å². The lowest BCUT2D eigenvalue weighted by atomic mass is 10.3. The zero-order chi connectivity index (χ0) is 10.4. The van der Waals surface area contributed by atoms with Crippen molar-refractivity contribution in [1.82, 2.24) is 5.32 Å². The Balaban J connectivity index is 2.46. The second-order valence-corrected chi connectivity index (χ2v) is 3.18. The molecular weight excluding hydrogens is 220 g/mol. The van der Waals surface area contributed by atoms with Crippen LogP contribution in [0.3, 0.4) is 0 Å². The van der Waals surface area contributed by atoms with Crippen molar-refractivity contribution in [2.75, 3.05) is 11.2 Å². The average Bonchev–Trinajstić information content (AvgIpc) is 2.19. The third-order valence-corrected chi connectivity index (χ3v) is 1.85. The fourth-order valence-electron chi connectivity index (χ4n) is 0.844. The molecule has 0 aliphatic heterocycles. The Hall–Kier alpha value is -1.13. The average molecular weight is 229 g/mol. The van der Waals surface area contributed by atoms with Gasteiger partial charge in [-0.3, -0.25) is 4.79 Å². The smallest absolute Gasteiger partial charge is 0.241 e. The van der Waals surface area contributed by atoms with Crippen molar-refractivity contribution in [3.05, 3.63) is 30.3 Å². The summed E-state index contributed by atoms with van der Waals surface area (Å²) >= 11 is 10.2. The Labute approximate surface area is 92.4 Å². The minimum Gasteiger partial charge on any atom is -0.332 e. The molecule has 1 aromatic carbocycles. The van der Waals surface area contributed by atoms with E-state index in [0.717, 1.165) is 5.69 Å². The number of alkyl halides is 1. The van der Waals surface area contributed by atoms with Crippen LogP contribution in [0.5, 0.6) is 0 Å². The fourth-order valence-corrected chi connectivity index (χ4v) is 1.14. The molecule has 74 valence electrons. The van der Waals surface area contributed by atoms with Crippen LogP contribution in [0.4, 0.5) is 5.69 Å². The quantitative estimate of drug-likeness (QED) is 0.599. The van der Waals surface area contributed by atoms with Gasteiger partial charge < -0.3 is 10.6 Å². The molecule has 0 heterocycles. The normalized spacial score (nSPS) is 9.21. The van der Waals surface area contributed by atoms with Crippen molar-refractivity contribution in [2.45, 2.75) is 0 Å². The predicted molar refractivity (Wildman–Crippen MR) is 61.5 cm³/mol. The van der Waals surface area contributed by atoms with Crippen LogP contribution in [-0.2, 0) is 4.79 Å². The molecule has 0 saturated heterocycles. The van der Waals surface area contributed by atoms with Gasteiger partial charge in [0.1, 0.15) is 5.88 Å². The molecule has 1 rings (SSSR count). The molecule has 0 bridgehead atoms. The van der Waals surface area contributed by atoms with E-state index in [1.807, 2.05) is 30.3 Å². The van der Waals surface area contributed by atoms with E-state index < -0.39 is 0 Å². The number of nitrogens with one attached hydrogen (secondary N) is 2. The molecule has 0 spiro atoms. The van der Waals surface area contributed by atoms with E-state index in [0.29, 0.717) is 0 Å². The SMILES string of the molecule is O=C(CCl)NC(=S)Nc1ccccc1. The maximum Gasteiger partial charge on any atom is 0.241 e. The Morgan fingerprint density at radius 2 is 2.00 bits per heavy atom. The second kappa shape index (κ2) is 5.57. The number of para-hydroxylation sites is 1. The molecule has 0 aliphatic carbocycles. The largest absolute Gasteiger partial charge is 0.332 e. The minimum absolute atomic E-state index is 0.101. The predicted octanol–water partition coefficient (Wildman–Crippen LogP) is 1.74. The van der Waals surface area contributed by atoms with Gasteiger partial charge in [0, 0.05) is 5.69 Å². The number of carbonyl (C=O) groups excluding carboxylic acids is 1. The summed E-state index contributed by atoms with van der Waals surface area (Å²) in [6.45, 7) is 0. The number of rotatable bonds is 2. The van der Waals surface area contributed by atoms with E-state index in [4.69, 9.17) is 23.8 Å².